The van der Waals surface area contributed by atoms with Crippen LogP contribution in [0.3, 0.4) is 0 Å². The fraction of sp³-hybridized carbons (Fsp3) is 0.444. The zero-order chi connectivity index (χ0) is 11.1. The summed E-state index contributed by atoms with van der Waals surface area (Å²) in [7, 11) is 0. The quantitative estimate of drug-likeness (QED) is 0.856. The van der Waals surface area contributed by atoms with Crippen LogP contribution in [0.5, 0.6) is 0 Å². The van der Waals surface area contributed by atoms with Crippen LogP contribution in [0.4, 0.5) is 0 Å². The Labute approximate surface area is 108 Å². The second-order valence-electron chi connectivity index (χ2n) is 3.77. The highest BCUT2D eigenvalue weighted by molar-refractivity contribution is 9.11. The normalized spacial score (nSPS) is 15.6. The van der Waals surface area contributed by atoms with E-state index in [4.69, 9.17) is 4.52 Å². The Balaban J connectivity index is 1.79. The highest BCUT2D eigenvalue weighted by Crippen LogP contribution is 2.38. The van der Waals surface area contributed by atoms with Gasteiger partial charge in [0.2, 0.25) is 5.89 Å². The molecule has 1 aliphatic rings. The van der Waals surface area contributed by atoms with Gasteiger partial charge in [-0.3, -0.25) is 0 Å². The van der Waals surface area contributed by atoms with E-state index in [1.807, 2.05) is 6.07 Å². The number of hydrogen-bond acceptors (Lipinski definition) is 4. The molecule has 1 aliphatic carbocycles. The summed E-state index contributed by atoms with van der Waals surface area (Å²) in [5.74, 6) is 1.95. The van der Waals surface area contributed by atoms with Crippen molar-refractivity contribution in [3.05, 3.63) is 27.0 Å². The fourth-order valence-corrected chi connectivity index (χ4v) is 2.58. The van der Waals surface area contributed by atoms with Crippen molar-refractivity contribution >= 4 is 31.9 Å². The lowest BCUT2D eigenvalue weighted by Crippen LogP contribution is -2.02. The van der Waals surface area contributed by atoms with Gasteiger partial charge >= 0.3 is 0 Å². The highest BCUT2D eigenvalue weighted by atomic mass is 79.9. The van der Waals surface area contributed by atoms with Crippen LogP contribution in [0.25, 0.3) is 0 Å². The Morgan fingerprint density at radius 2 is 2.25 bits per heavy atom. The molecule has 0 bridgehead atoms. The van der Waals surface area contributed by atoms with Crippen molar-refractivity contribution < 1.29 is 4.52 Å². The predicted molar refractivity (Wildman–Crippen MR) is 63.0 cm³/mol. The van der Waals surface area contributed by atoms with Crippen LogP contribution in [-0.4, -0.2) is 19.9 Å². The van der Waals surface area contributed by atoms with Crippen LogP contribution in [0.15, 0.2) is 19.8 Å². The van der Waals surface area contributed by atoms with Gasteiger partial charge in [-0.2, -0.15) is 10.1 Å². The molecule has 0 spiro atoms. The molecule has 0 aromatic carbocycles. The smallest absolute Gasteiger partial charge is 0.248 e. The van der Waals surface area contributed by atoms with E-state index in [9.17, 15) is 0 Å². The molecule has 2 aromatic heterocycles. The van der Waals surface area contributed by atoms with Gasteiger partial charge in [0.25, 0.3) is 0 Å². The SMILES string of the molecule is Brc1cc(Br)n(Cc2nc(C3CC3)no2)n1. The summed E-state index contributed by atoms with van der Waals surface area (Å²) in [6.07, 6.45) is 2.35. The van der Waals surface area contributed by atoms with E-state index in [2.05, 4.69) is 47.1 Å². The van der Waals surface area contributed by atoms with Gasteiger partial charge in [0.1, 0.15) is 15.8 Å². The molecule has 3 rings (SSSR count). The van der Waals surface area contributed by atoms with Gasteiger partial charge in [-0.25, -0.2) is 4.68 Å². The largest absolute Gasteiger partial charge is 0.337 e. The minimum atomic E-state index is 0.492. The first-order valence-corrected chi connectivity index (χ1v) is 6.52. The first-order chi connectivity index (χ1) is 7.72. The summed E-state index contributed by atoms with van der Waals surface area (Å²) >= 11 is 6.71. The molecule has 0 amide bonds. The highest BCUT2D eigenvalue weighted by Gasteiger charge is 2.28. The Morgan fingerprint density at radius 1 is 1.44 bits per heavy atom. The molecule has 16 heavy (non-hydrogen) atoms. The number of hydrogen-bond donors (Lipinski definition) is 0. The van der Waals surface area contributed by atoms with Crippen molar-refractivity contribution in [1.29, 1.82) is 0 Å². The standard InChI is InChI=1S/C9H8Br2N4O/c10-6-3-7(11)15(13-6)4-8-12-9(14-16-8)5-1-2-5/h3,5H,1-2,4H2. The molecule has 2 heterocycles. The van der Waals surface area contributed by atoms with Crippen molar-refractivity contribution in [3.63, 3.8) is 0 Å². The lowest BCUT2D eigenvalue weighted by atomic mass is 10.4. The van der Waals surface area contributed by atoms with E-state index in [0.717, 1.165) is 15.0 Å². The summed E-state index contributed by atoms with van der Waals surface area (Å²) in [5.41, 5.74) is 0. The fourth-order valence-electron chi connectivity index (χ4n) is 1.44. The van der Waals surface area contributed by atoms with E-state index in [1.54, 1.807) is 4.68 Å². The number of halogens is 2. The second kappa shape index (κ2) is 3.96. The monoisotopic (exact) mass is 346 g/mol. The first kappa shape index (κ1) is 10.5. The van der Waals surface area contributed by atoms with Gasteiger partial charge in [-0.05, 0) is 44.7 Å². The van der Waals surface area contributed by atoms with Crippen LogP contribution >= 0.6 is 31.9 Å². The number of rotatable bonds is 3. The molecule has 0 unspecified atom stereocenters. The Bertz CT molecular complexity index is 517. The van der Waals surface area contributed by atoms with Crippen LogP contribution < -0.4 is 0 Å². The summed E-state index contributed by atoms with van der Waals surface area (Å²) in [5, 5.41) is 8.19. The molecule has 1 saturated carbocycles. The van der Waals surface area contributed by atoms with E-state index in [-0.39, 0.29) is 0 Å². The van der Waals surface area contributed by atoms with Crippen molar-refractivity contribution in [1.82, 2.24) is 19.9 Å². The third-order valence-electron chi connectivity index (χ3n) is 2.41. The predicted octanol–water partition coefficient (Wildman–Crippen LogP) is 2.72. The van der Waals surface area contributed by atoms with Crippen molar-refractivity contribution in [2.75, 3.05) is 0 Å². The zero-order valence-electron chi connectivity index (χ0n) is 8.23. The second-order valence-corrected chi connectivity index (χ2v) is 5.39. The van der Waals surface area contributed by atoms with E-state index < -0.39 is 0 Å². The maximum absolute atomic E-state index is 5.18. The van der Waals surface area contributed by atoms with Crippen molar-refractivity contribution in [2.24, 2.45) is 0 Å². The summed E-state index contributed by atoms with van der Waals surface area (Å²) < 4.78 is 8.59. The van der Waals surface area contributed by atoms with Crippen molar-refractivity contribution in [3.8, 4) is 0 Å². The van der Waals surface area contributed by atoms with Gasteiger partial charge in [0, 0.05) is 12.0 Å². The van der Waals surface area contributed by atoms with Crippen LogP contribution in [0.1, 0.15) is 30.5 Å². The van der Waals surface area contributed by atoms with E-state index >= 15 is 0 Å². The topological polar surface area (TPSA) is 56.7 Å². The minimum Gasteiger partial charge on any atom is -0.337 e. The molecule has 0 aliphatic heterocycles. The molecule has 7 heteroatoms. The molecule has 0 saturated heterocycles. The van der Waals surface area contributed by atoms with Crippen LogP contribution in [0, 0.1) is 0 Å². The van der Waals surface area contributed by atoms with Gasteiger partial charge in [-0.1, -0.05) is 5.16 Å². The van der Waals surface area contributed by atoms with Crippen molar-refractivity contribution in [2.45, 2.75) is 25.3 Å². The maximum atomic E-state index is 5.18. The van der Waals surface area contributed by atoms with Gasteiger partial charge < -0.3 is 4.52 Å². The minimum absolute atomic E-state index is 0.492. The van der Waals surface area contributed by atoms with E-state index in [0.29, 0.717) is 18.4 Å². The van der Waals surface area contributed by atoms with E-state index in [1.165, 1.54) is 12.8 Å². The Kier molecular flexibility index (Phi) is 2.59. The first-order valence-electron chi connectivity index (χ1n) is 4.93. The van der Waals surface area contributed by atoms with Gasteiger partial charge in [0.05, 0.1) is 0 Å². The summed E-state index contributed by atoms with van der Waals surface area (Å²) in [6, 6.07) is 1.87. The van der Waals surface area contributed by atoms with Gasteiger partial charge in [0.15, 0.2) is 5.82 Å². The molecule has 2 aromatic rings. The average Bonchev–Trinajstić information content (AvgIpc) is 2.91. The Morgan fingerprint density at radius 3 is 2.88 bits per heavy atom. The van der Waals surface area contributed by atoms with Gasteiger partial charge in [-0.15, -0.1) is 0 Å². The lowest BCUT2D eigenvalue weighted by Gasteiger charge is -1.96. The number of nitrogens with zero attached hydrogens (tertiary/aromatic N) is 4. The maximum Gasteiger partial charge on any atom is 0.248 e. The molecule has 84 valence electrons. The lowest BCUT2D eigenvalue weighted by molar-refractivity contribution is 0.360. The third kappa shape index (κ3) is 2.06. The summed E-state index contributed by atoms with van der Waals surface area (Å²) in [6.45, 7) is 0.492. The molecule has 0 atom stereocenters. The number of aromatic nitrogens is 4. The van der Waals surface area contributed by atoms with Crippen LogP contribution in [-0.2, 0) is 6.54 Å². The molecular weight excluding hydrogens is 340 g/mol. The van der Waals surface area contributed by atoms with Crippen LogP contribution in [0.2, 0.25) is 0 Å². The molecule has 0 N–H and O–H groups in total. The molecule has 5 nitrogen and oxygen atoms in total. The third-order valence-corrected chi connectivity index (χ3v) is 3.44. The molecule has 0 radical (unpaired) electrons. The molecule has 1 fully saturated rings. The summed E-state index contributed by atoms with van der Waals surface area (Å²) in [4.78, 5) is 4.34. The Hall–Kier alpha value is -0.690. The average molecular weight is 348 g/mol. The zero-order valence-corrected chi connectivity index (χ0v) is 11.4. The molecular formula is C9H8Br2N4O.